The van der Waals surface area contributed by atoms with Gasteiger partial charge in [0.25, 0.3) is 0 Å². The Balaban J connectivity index is 2.22. The summed E-state index contributed by atoms with van der Waals surface area (Å²) in [6, 6.07) is 17.8. The van der Waals surface area contributed by atoms with Crippen LogP contribution in [0.5, 0.6) is 5.75 Å². The third-order valence-corrected chi connectivity index (χ3v) is 7.04. The van der Waals surface area contributed by atoms with Crippen LogP contribution in [0.4, 0.5) is 0 Å². The van der Waals surface area contributed by atoms with E-state index in [2.05, 4.69) is 4.74 Å². The Morgan fingerprint density at radius 2 is 1.72 bits per heavy atom. The van der Waals surface area contributed by atoms with Crippen LogP contribution in [-0.4, -0.2) is 37.2 Å². The second-order valence-electron chi connectivity index (χ2n) is 4.99. The molecular formula is C17H18NO5PS. The fourth-order valence-corrected chi connectivity index (χ4v) is 6.06. The largest absolute Gasteiger partial charge is 0.468 e. The molecule has 1 amide bonds. The van der Waals surface area contributed by atoms with E-state index in [4.69, 9.17) is 4.52 Å². The second kappa shape index (κ2) is 9.30. The first-order valence-electron chi connectivity index (χ1n) is 7.39. The van der Waals surface area contributed by atoms with E-state index in [9.17, 15) is 14.2 Å². The van der Waals surface area contributed by atoms with E-state index >= 15 is 0 Å². The average molecular weight is 379 g/mol. The number of carbonyl (C=O) groups is 2. The van der Waals surface area contributed by atoms with E-state index < -0.39 is 12.5 Å². The summed E-state index contributed by atoms with van der Waals surface area (Å²) in [6.45, 7) is -3.69. The predicted octanol–water partition coefficient (Wildman–Crippen LogP) is 3.64. The van der Waals surface area contributed by atoms with Gasteiger partial charge in [0.15, 0.2) is 0 Å². The molecule has 0 aliphatic heterocycles. The van der Waals surface area contributed by atoms with Crippen LogP contribution in [0.15, 0.2) is 65.6 Å². The Morgan fingerprint density at radius 3 is 2.28 bits per heavy atom. The molecule has 8 heteroatoms. The fraction of sp³-hybridized carbons (Fsp3) is 0.176. The molecule has 1 unspecified atom stereocenters. The average Bonchev–Trinajstić information content (AvgIpc) is 2.62. The SMILES string of the molecule is COC(=O)CN(C=O)CP(=O)(Oc1ccccc1)Sc1ccccc1. The first kappa shape index (κ1) is 19.1. The lowest BCUT2D eigenvalue weighted by Gasteiger charge is -2.24. The quantitative estimate of drug-likeness (QED) is 0.376. The van der Waals surface area contributed by atoms with Crippen LogP contribution in [0.3, 0.4) is 0 Å². The minimum atomic E-state index is -3.40. The van der Waals surface area contributed by atoms with E-state index in [1.54, 1.807) is 36.4 Å². The van der Waals surface area contributed by atoms with Crippen molar-refractivity contribution in [3.63, 3.8) is 0 Å². The summed E-state index contributed by atoms with van der Waals surface area (Å²) in [5.74, 6) is -0.166. The van der Waals surface area contributed by atoms with Crippen molar-refractivity contribution in [3.8, 4) is 5.75 Å². The Hall–Kier alpha value is -2.24. The molecule has 6 nitrogen and oxygen atoms in total. The van der Waals surface area contributed by atoms with Gasteiger partial charge >= 0.3 is 12.5 Å². The number of carbonyl (C=O) groups excluding carboxylic acids is 2. The summed E-state index contributed by atoms with van der Waals surface area (Å²) in [7, 11) is 1.23. The van der Waals surface area contributed by atoms with Gasteiger partial charge in [0.1, 0.15) is 18.6 Å². The second-order valence-corrected chi connectivity index (χ2v) is 9.55. The summed E-state index contributed by atoms with van der Waals surface area (Å²) in [4.78, 5) is 24.5. The van der Waals surface area contributed by atoms with Crippen LogP contribution in [0, 0.1) is 0 Å². The minimum Gasteiger partial charge on any atom is -0.468 e. The molecule has 0 saturated heterocycles. The molecule has 2 aromatic carbocycles. The number of rotatable bonds is 9. The molecular weight excluding hydrogens is 361 g/mol. The Kier molecular flexibility index (Phi) is 7.10. The zero-order chi connectivity index (χ0) is 18.1. The van der Waals surface area contributed by atoms with Crippen LogP contribution >= 0.6 is 18.0 Å². The van der Waals surface area contributed by atoms with Crippen LogP contribution in [0.25, 0.3) is 0 Å². The highest BCUT2D eigenvalue weighted by Gasteiger charge is 2.30. The number of methoxy groups -OCH3 is 1. The minimum absolute atomic E-state index is 0.222. The number of hydrogen-bond acceptors (Lipinski definition) is 6. The topological polar surface area (TPSA) is 72.9 Å². The maximum absolute atomic E-state index is 13.4. The van der Waals surface area contributed by atoms with E-state index in [-0.39, 0.29) is 12.8 Å². The number of para-hydroxylation sites is 1. The van der Waals surface area contributed by atoms with Gasteiger partial charge in [-0.05, 0) is 35.6 Å². The summed E-state index contributed by atoms with van der Waals surface area (Å²) >= 11 is 1.04. The molecule has 0 aromatic heterocycles. The molecule has 0 N–H and O–H groups in total. The van der Waals surface area contributed by atoms with Crippen molar-refractivity contribution < 1.29 is 23.4 Å². The lowest BCUT2D eigenvalue weighted by molar-refractivity contribution is -0.143. The van der Waals surface area contributed by atoms with Gasteiger partial charge in [0, 0.05) is 4.90 Å². The summed E-state index contributed by atoms with van der Waals surface area (Å²) in [5.41, 5.74) is 0. The van der Waals surface area contributed by atoms with Crippen molar-refractivity contribution in [2.45, 2.75) is 4.90 Å². The number of hydrogen-bond donors (Lipinski definition) is 0. The number of esters is 1. The van der Waals surface area contributed by atoms with Gasteiger partial charge in [-0.25, -0.2) is 0 Å². The normalized spacial score (nSPS) is 12.7. The van der Waals surface area contributed by atoms with Crippen molar-refractivity contribution in [1.82, 2.24) is 4.90 Å². The monoisotopic (exact) mass is 379 g/mol. The van der Waals surface area contributed by atoms with Crippen LogP contribution in [-0.2, 0) is 18.9 Å². The standard InChI is InChI=1S/C17H18NO5PS/c1-22-17(20)12-18(13-19)14-24(21,23-15-8-4-2-5-9-15)25-16-10-6-3-7-11-16/h2-11,13H,12,14H2,1H3. The first-order valence-corrected chi connectivity index (χ1v) is 10.6. The van der Waals surface area contributed by atoms with E-state index in [0.29, 0.717) is 12.2 Å². The van der Waals surface area contributed by atoms with Crippen molar-refractivity contribution >= 4 is 30.3 Å². The lowest BCUT2D eigenvalue weighted by atomic mass is 10.3. The molecule has 132 valence electrons. The molecule has 0 aliphatic carbocycles. The van der Waals surface area contributed by atoms with Gasteiger partial charge in [-0.2, -0.15) is 0 Å². The smallest absolute Gasteiger partial charge is 0.326 e. The molecule has 0 fully saturated rings. The number of amides is 1. The highest BCUT2D eigenvalue weighted by atomic mass is 32.7. The van der Waals surface area contributed by atoms with Gasteiger partial charge in [-0.3, -0.25) is 14.2 Å². The lowest BCUT2D eigenvalue weighted by Crippen LogP contribution is -2.30. The summed E-state index contributed by atoms with van der Waals surface area (Å²) in [5, 5.41) is 0. The Morgan fingerprint density at radius 1 is 1.12 bits per heavy atom. The molecule has 0 saturated carbocycles. The molecule has 0 spiro atoms. The molecule has 25 heavy (non-hydrogen) atoms. The Bertz CT molecular complexity index is 696. The molecule has 0 heterocycles. The zero-order valence-electron chi connectivity index (χ0n) is 13.6. The first-order chi connectivity index (χ1) is 12.0. The highest BCUT2D eigenvalue weighted by Crippen LogP contribution is 2.62. The highest BCUT2D eigenvalue weighted by molar-refractivity contribution is 8.56. The molecule has 2 rings (SSSR count). The maximum atomic E-state index is 13.4. The van der Waals surface area contributed by atoms with E-state index in [1.165, 1.54) is 7.11 Å². The van der Waals surface area contributed by atoms with Crippen molar-refractivity contribution in [3.05, 3.63) is 60.7 Å². The number of benzene rings is 2. The number of ether oxygens (including phenoxy) is 1. The van der Waals surface area contributed by atoms with Crippen molar-refractivity contribution in [2.75, 3.05) is 19.9 Å². The molecule has 0 bridgehead atoms. The maximum Gasteiger partial charge on any atom is 0.326 e. The van der Waals surface area contributed by atoms with Gasteiger partial charge in [-0.15, -0.1) is 0 Å². The third-order valence-electron chi connectivity index (χ3n) is 3.04. The van der Waals surface area contributed by atoms with Gasteiger partial charge in [0.05, 0.1) is 7.11 Å². The number of nitrogens with zero attached hydrogens (tertiary/aromatic N) is 1. The van der Waals surface area contributed by atoms with Crippen molar-refractivity contribution in [1.29, 1.82) is 0 Å². The van der Waals surface area contributed by atoms with E-state index in [0.717, 1.165) is 21.2 Å². The van der Waals surface area contributed by atoms with Gasteiger partial charge in [0.2, 0.25) is 6.41 Å². The summed E-state index contributed by atoms with van der Waals surface area (Å²) < 4.78 is 23.7. The van der Waals surface area contributed by atoms with Crippen molar-refractivity contribution in [2.24, 2.45) is 0 Å². The van der Waals surface area contributed by atoms with Gasteiger partial charge < -0.3 is 14.2 Å². The zero-order valence-corrected chi connectivity index (χ0v) is 15.3. The van der Waals surface area contributed by atoms with Crippen LogP contribution in [0.1, 0.15) is 0 Å². The molecule has 1 atom stereocenters. The molecule has 0 aliphatic rings. The third kappa shape index (κ3) is 6.29. The van der Waals surface area contributed by atoms with E-state index in [1.807, 2.05) is 24.3 Å². The molecule has 0 radical (unpaired) electrons. The fourth-order valence-electron chi connectivity index (χ4n) is 1.93. The predicted molar refractivity (Wildman–Crippen MR) is 96.6 cm³/mol. The summed E-state index contributed by atoms with van der Waals surface area (Å²) in [6.07, 6.45) is 0.240. The van der Waals surface area contributed by atoms with Crippen LogP contribution < -0.4 is 4.52 Å². The van der Waals surface area contributed by atoms with Crippen LogP contribution in [0.2, 0.25) is 0 Å². The Labute approximate surface area is 150 Å². The molecule has 2 aromatic rings. The van der Waals surface area contributed by atoms with Gasteiger partial charge in [-0.1, -0.05) is 36.4 Å².